The highest BCUT2D eigenvalue weighted by atomic mass is 79.9. The third-order valence-corrected chi connectivity index (χ3v) is 3.07. The van der Waals surface area contributed by atoms with Gasteiger partial charge in [-0.05, 0) is 37.9 Å². The Hall–Kier alpha value is -0.730. The van der Waals surface area contributed by atoms with Crippen LogP contribution in [0.3, 0.4) is 0 Å². The number of hydrogen-bond donors (Lipinski definition) is 1. The second-order valence-corrected chi connectivity index (χ2v) is 4.51. The lowest BCUT2D eigenvalue weighted by molar-refractivity contribution is 0.412. The summed E-state index contributed by atoms with van der Waals surface area (Å²) in [4.78, 5) is 0. The van der Waals surface area contributed by atoms with Crippen LogP contribution in [-0.4, -0.2) is 13.7 Å². The molecular weight excluding hydrogens is 324 g/mol. The van der Waals surface area contributed by atoms with E-state index in [4.69, 9.17) is 10.00 Å². The predicted octanol–water partition coefficient (Wildman–Crippen LogP) is 3.55. The number of halogens is 2. The molecule has 1 aromatic carbocycles. The number of nitrogens with zero attached hydrogens (tertiary/aromatic N) is 1. The Labute approximate surface area is 106 Å². The fourth-order valence-electron chi connectivity index (χ4n) is 1.07. The van der Waals surface area contributed by atoms with Crippen LogP contribution in [0.5, 0.6) is 5.75 Å². The van der Waals surface area contributed by atoms with E-state index in [1.165, 1.54) is 0 Å². The molecule has 0 aromatic heterocycles. The SMILES string of the molecule is COc1cc(NCCC#N)c(Br)cc1Br. The molecule has 0 amide bonds. The standard InChI is InChI=1S/C10H10Br2N2O/c1-15-10-6-9(14-4-2-3-13)7(11)5-8(10)12/h5-6,14H,2,4H2,1H3. The van der Waals surface area contributed by atoms with E-state index < -0.39 is 0 Å². The van der Waals surface area contributed by atoms with Gasteiger partial charge < -0.3 is 10.1 Å². The lowest BCUT2D eigenvalue weighted by atomic mass is 10.3. The smallest absolute Gasteiger partial charge is 0.135 e. The summed E-state index contributed by atoms with van der Waals surface area (Å²) in [5.74, 6) is 0.762. The first-order valence-corrected chi connectivity index (χ1v) is 5.91. The zero-order valence-electron chi connectivity index (χ0n) is 8.18. The maximum Gasteiger partial charge on any atom is 0.135 e. The van der Waals surface area contributed by atoms with Crippen LogP contribution >= 0.6 is 31.9 Å². The van der Waals surface area contributed by atoms with Crippen molar-refractivity contribution in [3.05, 3.63) is 21.1 Å². The molecule has 1 aromatic rings. The summed E-state index contributed by atoms with van der Waals surface area (Å²) in [6.07, 6.45) is 0.477. The Morgan fingerprint density at radius 1 is 1.40 bits per heavy atom. The molecule has 0 heterocycles. The second-order valence-electron chi connectivity index (χ2n) is 2.80. The van der Waals surface area contributed by atoms with Crippen LogP contribution in [0.25, 0.3) is 0 Å². The van der Waals surface area contributed by atoms with Gasteiger partial charge in [0.25, 0.3) is 0 Å². The molecule has 0 aliphatic rings. The van der Waals surface area contributed by atoms with Gasteiger partial charge in [0.15, 0.2) is 0 Å². The molecule has 0 aliphatic carbocycles. The quantitative estimate of drug-likeness (QED) is 0.857. The first-order valence-electron chi connectivity index (χ1n) is 4.33. The highest BCUT2D eigenvalue weighted by molar-refractivity contribution is 9.11. The number of nitriles is 1. The van der Waals surface area contributed by atoms with Crippen LogP contribution in [-0.2, 0) is 0 Å². The summed E-state index contributed by atoms with van der Waals surface area (Å²) in [6, 6.07) is 5.87. The fraction of sp³-hybridized carbons (Fsp3) is 0.300. The molecule has 0 saturated heterocycles. The molecule has 0 aliphatic heterocycles. The zero-order valence-corrected chi connectivity index (χ0v) is 11.4. The largest absolute Gasteiger partial charge is 0.495 e. The van der Waals surface area contributed by atoms with Crippen molar-refractivity contribution in [1.29, 1.82) is 5.26 Å². The molecule has 0 spiro atoms. The summed E-state index contributed by atoms with van der Waals surface area (Å²) in [6.45, 7) is 0.625. The van der Waals surface area contributed by atoms with E-state index in [9.17, 15) is 0 Å². The molecule has 0 fully saturated rings. The van der Waals surface area contributed by atoms with Gasteiger partial charge in [0, 0.05) is 17.1 Å². The molecule has 1 N–H and O–H groups in total. The molecule has 15 heavy (non-hydrogen) atoms. The topological polar surface area (TPSA) is 45.0 Å². The molecule has 0 radical (unpaired) electrons. The minimum Gasteiger partial charge on any atom is -0.495 e. The first-order chi connectivity index (χ1) is 7.19. The monoisotopic (exact) mass is 332 g/mol. The number of anilines is 1. The highest BCUT2D eigenvalue weighted by Gasteiger charge is 2.06. The Balaban J connectivity index is 2.83. The average Bonchev–Trinajstić information content (AvgIpc) is 2.21. The van der Waals surface area contributed by atoms with Crippen molar-refractivity contribution in [3.63, 3.8) is 0 Å². The Bertz CT molecular complexity index is 388. The number of benzene rings is 1. The van der Waals surface area contributed by atoms with Crippen molar-refractivity contribution < 1.29 is 4.74 Å². The van der Waals surface area contributed by atoms with E-state index in [1.807, 2.05) is 12.1 Å². The van der Waals surface area contributed by atoms with Gasteiger partial charge in [-0.25, -0.2) is 0 Å². The van der Waals surface area contributed by atoms with Crippen LogP contribution in [0, 0.1) is 11.3 Å². The molecule has 0 saturated carbocycles. The van der Waals surface area contributed by atoms with E-state index in [1.54, 1.807) is 7.11 Å². The number of ether oxygens (including phenoxy) is 1. The van der Waals surface area contributed by atoms with Crippen molar-refractivity contribution >= 4 is 37.5 Å². The molecule has 0 bridgehead atoms. The van der Waals surface area contributed by atoms with Gasteiger partial charge in [0.2, 0.25) is 0 Å². The normalized spacial score (nSPS) is 9.47. The number of rotatable bonds is 4. The van der Waals surface area contributed by atoms with Crippen LogP contribution in [0.15, 0.2) is 21.1 Å². The van der Waals surface area contributed by atoms with Crippen molar-refractivity contribution in [2.75, 3.05) is 19.0 Å². The van der Waals surface area contributed by atoms with E-state index in [2.05, 4.69) is 43.2 Å². The van der Waals surface area contributed by atoms with Crippen molar-refractivity contribution in [2.45, 2.75) is 6.42 Å². The second kappa shape index (κ2) is 5.99. The van der Waals surface area contributed by atoms with Crippen molar-refractivity contribution in [1.82, 2.24) is 0 Å². The van der Waals surface area contributed by atoms with Crippen LogP contribution in [0.2, 0.25) is 0 Å². The Morgan fingerprint density at radius 3 is 2.73 bits per heavy atom. The van der Waals surface area contributed by atoms with Gasteiger partial charge in [0.1, 0.15) is 5.75 Å². The molecule has 3 nitrogen and oxygen atoms in total. The van der Waals surface area contributed by atoms with Crippen molar-refractivity contribution in [3.8, 4) is 11.8 Å². The van der Waals surface area contributed by atoms with Gasteiger partial charge in [-0.3, -0.25) is 0 Å². The van der Waals surface area contributed by atoms with Crippen molar-refractivity contribution in [2.24, 2.45) is 0 Å². The predicted molar refractivity (Wildman–Crippen MR) is 67.1 cm³/mol. The highest BCUT2D eigenvalue weighted by Crippen LogP contribution is 2.34. The minimum atomic E-state index is 0.477. The van der Waals surface area contributed by atoms with E-state index >= 15 is 0 Å². The lowest BCUT2D eigenvalue weighted by Crippen LogP contribution is -2.01. The molecule has 5 heteroatoms. The number of methoxy groups -OCH3 is 1. The minimum absolute atomic E-state index is 0.477. The van der Waals surface area contributed by atoms with Gasteiger partial charge in [-0.1, -0.05) is 0 Å². The number of nitrogens with one attached hydrogen (secondary N) is 1. The molecule has 80 valence electrons. The van der Waals surface area contributed by atoms with Crippen LogP contribution < -0.4 is 10.1 Å². The Morgan fingerprint density at radius 2 is 2.13 bits per heavy atom. The molecule has 0 unspecified atom stereocenters. The van der Waals surface area contributed by atoms with E-state index in [-0.39, 0.29) is 0 Å². The molecular formula is C10H10Br2N2O. The summed E-state index contributed by atoms with van der Waals surface area (Å²) in [7, 11) is 1.62. The maximum absolute atomic E-state index is 8.42. The third kappa shape index (κ3) is 3.40. The average molecular weight is 334 g/mol. The molecule has 0 atom stereocenters. The van der Waals surface area contributed by atoms with Gasteiger partial charge in [-0.15, -0.1) is 0 Å². The maximum atomic E-state index is 8.42. The van der Waals surface area contributed by atoms with Crippen LogP contribution in [0.4, 0.5) is 5.69 Å². The van der Waals surface area contributed by atoms with E-state index in [0.29, 0.717) is 13.0 Å². The van der Waals surface area contributed by atoms with Gasteiger partial charge in [0.05, 0.1) is 29.8 Å². The number of hydrogen-bond acceptors (Lipinski definition) is 3. The van der Waals surface area contributed by atoms with E-state index in [0.717, 1.165) is 20.4 Å². The van der Waals surface area contributed by atoms with Gasteiger partial charge >= 0.3 is 0 Å². The lowest BCUT2D eigenvalue weighted by Gasteiger charge is -2.10. The summed E-state index contributed by atoms with van der Waals surface area (Å²) < 4.78 is 7.00. The zero-order chi connectivity index (χ0) is 11.3. The molecule has 1 rings (SSSR count). The third-order valence-electron chi connectivity index (χ3n) is 1.79. The van der Waals surface area contributed by atoms with Crippen LogP contribution in [0.1, 0.15) is 6.42 Å². The Kier molecular flexibility index (Phi) is 4.92. The summed E-state index contributed by atoms with van der Waals surface area (Å²) in [5, 5.41) is 11.6. The summed E-state index contributed by atoms with van der Waals surface area (Å²) in [5.41, 5.74) is 0.922. The fourth-order valence-corrected chi connectivity index (χ4v) is 2.37. The summed E-state index contributed by atoms with van der Waals surface area (Å²) >= 11 is 6.82. The first kappa shape index (κ1) is 12.3. The van der Waals surface area contributed by atoms with Gasteiger partial charge in [-0.2, -0.15) is 5.26 Å².